The zero-order valence-electron chi connectivity index (χ0n) is 19.1. The molecule has 2 fully saturated rings. The summed E-state index contributed by atoms with van der Waals surface area (Å²) in [6.07, 6.45) is 2.04. The fraction of sp³-hybridized carbons (Fsp3) is 0.571. The highest BCUT2D eigenvalue weighted by Crippen LogP contribution is 2.23. The van der Waals surface area contributed by atoms with Crippen molar-refractivity contribution in [2.45, 2.75) is 18.9 Å². The second-order valence-electron chi connectivity index (χ2n) is 8.12. The largest absolute Gasteiger partial charge is 0.379 e. The van der Waals surface area contributed by atoms with Gasteiger partial charge in [0, 0.05) is 48.8 Å². The maximum atomic E-state index is 12.4. The lowest BCUT2D eigenvalue weighted by atomic mass is 10.1. The van der Waals surface area contributed by atoms with Crippen molar-refractivity contribution in [2.75, 3.05) is 62.5 Å². The molecule has 1 aromatic rings. The summed E-state index contributed by atoms with van der Waals surface area (Å²) < 4.78 is 31.2. The maximum absolute atomic E-state index is 12.4. The fourth-order valence-corrected chi connectivity index (χ4v) is 4.85. The first-order valence-electron chi connectivity index (χ1n) is 11.1. The highest BCUT2D eigenvalue weighted by molar-refractivity contribution is 7.99. The lowest BCUT2D eigenvalue weighted by Crippen LogP contribution is -2.57. The van der Waals surface area contributed by atoms with E-state index in [1.807, 2.05) is 24.3 Å². The van der Waals surface area contributed by atoms with Gasteiger partial charge in [0.2, 0.25) is 5.91 Å². The van der Waals surface area contributed by atoms with Crippen LogP contribution in [0.25, 0.3) is 0 Å². The monoisotopic (exact) mass is 513 g/mol. The Hall–Kier alpha value is -2.19. The Labute approximate surface area is 204 Å². The van der Waals surface area contributed by atoms with Gasteiger partial charge in [-0.2, -0.15) is 25.3 Å². The molecule has 4 rings (SSSR count). The number of carbonyl (C=O) groups is 2. The Kier molecular flexibility index (Phi) is 9.71. The van der Waals surface area contributed by atoms with Crippen LogP contribution < -0.4 is 10.7 Å². The van der Waals surface area contributed by atoms with Crippen LogP contribution in [0.15, 0.2) is 29.4 Å². The molecule has 188 valence electrons. The first-order valence-corrected chi connectivity index (χ1v) is 14.1. The Balaban J connectivity index is 0.000000588. The lowest BCUT2D eigenvalue weighted by molar-refractivity contribution is -0.125. The number of rotatable bonds is 6. The molecule has 1 aromatic carbocycles. The van der Waals surface area contributed by atoms with E-state index in [0.717, 1.165) is 74.4 Å². The zero-order valence-corrected chi connectivity index (χ0v) is 20.7. The molecule has 2 saturated heterocycles. The Bertz CT molecular complexity index is 989. The Morgan fingerprint density at radius 2 is 2.06 bits per heavy atom. The highest BCUT2D eigenvalue weighted by atomic mass is 32.2. The smallest absolute Gasteiger partial charge is 0.263 e. The predicted molar refractivity (Wildman–Crippen MR) is 132 cm³/mol. The number of thioether (sulfide) groups is 1. The van der Waals surface area contributed by atoms with Crippen molar-refractivity contribution in [1.29, 1.82) is 0 Å². The quantitative estimate of drug-likeness (QED) is 0.462. The van der Waals surface area contributed by atoms with E-state index in [2.05, 4.69) is 25.6 Å². The van der Waals surface area contributed by atoms with Crippen LogP contribution in [0.3, 0.4) is 0 Å². The zero-order chi connectivity index (χ0) is 24.6. The van der Waals surface area contributed by atoms with Gasteiger partial charge in [-0.05, 0) is 25.1 Å². The van der Waals surface area contributed by atoms with Gasteiger partial charge in [-0.25, -0.2) is 5.43 Å². The van der Waals surface area contributed by atoms with Gasteiger partial charge < -0.3 is 15.0 Å². The van der Waals surface area contributed by atoms with Gasteiger partial charge in [-0.15, -0.1) is 0 Å². The normalized spacial score (nSPS) is 20.9. The number of hydrogen-bond donors (Lipinski definition) is 3. The number of nitrogens with zero attached hydrogens (tertiary/aromatic N) is 3. The van der Waals surface area contributed by atoms with E-state index in [1.54, 1.807) is 11.8 Å². The van der Waals surface area contributed by atoms with Gasteiger partial charge in [0.15, 0.2) is 5.84 Å². The Morgan fingerprint density at radius 1 is 1.32 bits per heavy atom. The molecule has 0 spiro atoms. The summed E-state index contributed by atoms with van der Waals surface area (Å²) >= 11 is 1.79. The van der Waals surface area contributed by atoms with E-state index in [0.29, 0.717) is 12.7 Å². The molecule has 3 aliphatic heterocycles. The summed E-state index contributed by atoms with van der Waals surface area (Å²) in [6.45, 7) is 5.15. The minimum Gasteiger partial charge on any atom is -0.379 e. The fourth-order valence-electron chi connectivity index (χ4n) is 3.80. The average molecular weight is 514 g/mol. The number of anilines is 1. The summed E-state index contributed by atoms with van der Waals surface area (Å²) in [7, 11) is -3.67. The van der Waals surface area contributed by atoms with Gasteiger partial charge in [-0.1, -0.05) is 12.1 Å². The molecule has 0 radical (unpaired) electrons. The molecular weight excluding hydrogens is 482 g/mol. The molecule has 1 unspecified atom stereocenters. The number of nitrogens with one attached hydrogen (secondary N) is 2. The van der Waals surface area contributed by atoms with Crippen LogP contribution in [-0.4, -0.2) is 104 Å². The van der Waals surface area contributed by atoms with Gasteiger partial charge in [0.1, 0.15) is 6.04 Å². The second kappa shape index (κ2) is 12.5. The molecule has 3 heterocycles. The van der Waals surface area contributed by atoms with E-state index in [1.165, 1.54) is 0 Å². The van der Waals surface area contributed by atoms with Gasteiger partial charge >= 0.3 is 0 Å². The summed E-state index contributed by atoms with van der Waals surface area (Å²) in [6, 6.07) is 7.50. The van der Waals surface area contributed by atoms with E-state index >= 15 is 0 Å². The van der Waals surface area contributed by atoms with Crippen LogP contribution in [0.2, 0.25) is 0 Å². The molecule has 2 amide bonds. The van der Waals surface area contributed by atoms with Gasteiger partial charge in [0.25, 0.3) is 16.0 Å². The first kappa shape index (κ1) is 26.4. The highest BCUT2D eigenvalue weighted by Gasteiger charge is 2.35. The first-order chi connectivity index (χ1) is 16.2. The van der Waals surface area contributed by atoms with Crippen molar-refractivity contribution in [3.05, 3.63) is 29.8 Å². The molecule has 1 atom stereocenters. The van der Waals surface area contributed by atoms with Crippen LogP contribution in [0.5, 0.6) is 0 Å². The summed E-state index contributed by atoms with van der Waals surface area (Å²) in [5.41, 5.74) is 4.29. The average Bonchev–Trinajstić information content (AvgIpc) is 2.79. The van der Waals surface area contributed by atoms with Crippen molar-refractivity contribution >= 4 is 45.2 Å². The van der Waals surface area contributed by atoms with Crippen LogP contribution >= 0.6 is 11.8 Å². The summed E-state index contributed by atoms with van der Waals surface area (Å²) in [4.78, 5) is 28.9. The molecule has 3 aliphatic rings. The molecule has 0 saturated carbocycles. The van der Waals surface area contributed by atoms with Crippen molar-refractivity contribution in [3.8, 4) is 0 Å². The van der Waals surface area contributed by atoms with Crippen molar-refractivity contribution in [2.24, 2.45) is 5.10 Å². The molecule has 34 heavy (non-hydrogen) atoms. The third-order valence-electron chi connectivity index (χ3n) is 5.36. The third kappa shape index (κ3) is 8.55. The second-order valence-corrected chi connectivity index (χ2v) is 10.7. The van der Waals surface area contributed by atoms with E-state index in [4.69, 9.17) is 9.29 Å². The number of amides is 2. The summed E-state index contributed by atoms with van der Waals surface area (Å²) in [5.74, 6) is 2.47. The number of ether oxygens (including phenoxy) is 1. The van der Waals surface area contributed by atoms with E-state index < -0.39 is 10.1 Å². The number of carbonyl (C=O) groups excluding carboxylic acids is 2. The van der Waals surface area contributed by atoms with Crippen LogP contribution in [0.1, 0.15) is 18.4 Å². The number of fused-ring (bicyclic) bond motifs is 1. The van der Waals surface area contributed by atoms with Crippen molar-refractivity contribution < 1.29 is 27.3 Å². The van der Waals surface area contributed by atoms with E-state index in [9.17, 15) is 18.0 Å². The number of hydrogen-bond acceptors (Lipinski definition) is 9. The van der Waals surface area contributed by atoms with Crippen molar-refractivity contribution in [3.63, 3.8) is 0 Å². The number of morpholine rings is 1. The summed E-state index contributed by atoms with van der Waals surface area (Å²) in [5, 5.41) is 7.28. The van der Waals surface area contributed by atoms with Gasteiger partial charge in [-0.3, -0.25) is 19.0 Å². The SMILES string of the molecule is CS(=O)(=O)O.O=C(CCCN1CCOCC1)Nc1cccc(C2=NNC(=O)C3CSCCN23)c1. The predicted octanol–water partition coefficient (Wildman–Crippen LogP) is 0.450. The van der Waals surface area contributed by atoms with Gasteiger partial charge in [0.05, 0.1) is 19.5 Å². The van der Waals surface area contributed by atoms with Crippen LogP contribution in [-0.2, 0) is 24.4 Å². The van der Waals surface area contributed by atoms with E-state index in [-0.39, 0.29) is 17.9 Å². The molecular formula is C21H31N5O6S2. The number of hydrazone groups is 1. The standard InChI is InChI=1S/C20H27N5O3S.CH4O3S/c26-18(5-2-6-24-7-10-28-11-8-24)21-16-4-1-3-15(13-16)19-22-23-20(27)17-14-29-12-9-25(17)19;1-5(2,3)4/h1,3-4,13,17H,2,5-12,14H2,(H,21,26)(H,23,27);1H3,(H,2,3,4). The topological polar surface area (TPSA) is 141 Å². The number of benzene rings is 1. The molecule has 0 aliphatic carbocycles. The molecule has 3 N–H and O–H groups in total. The molecule has 11 nitrogen and oxygen atoms in total. The Morgan fingerprint density at radius 3 is 2.79 bits per heavy atom. The molecule has 13 heteroatoms. The third-order valence-corrected chi connectivity index (χ3v) is 6.38. The lowest BCUT2D eigenvalue weighted by Gasteiger charge is -2.38. The molecule has 0 bridgehead atoms. The molecule has 0 aromatic heterocycles. The van der Waals surface area contributed by atoms with Crippen LogP contribution in [0, 0.1) is 0 Å². The minimum absolute atomic E-state index is 0.0153. The van der Waals surface area contributed by atoms with Crippen LogP contribution in [0.4, 0.5) is 5.69 Å². The number of amidine groups is 1. The van der Waals surface area contributed by atoms with Crippen molar-refractivity contribution in [1.82, 2.24) is 15.2 Å². The minimum atomic E-state index is -3.67. The maximum Gasteiger partial charge on any atom is 0.263 e.